The molecular formula is C13H27NOS. The van der Waals surface area contributed by atoms with Crippen LogP contribution in [0.25, 0.3) is 0 Å². The molecule has 1 saturated heterocycles. The molecule has 0 radical (unpaired) electrons. The van der Waals surface area contributed by atoms with Crippen molar-refractivity contribution in [1.82, 2.24) is 5.32 Å². The zero-order valence-corrected chi connectivity index (χ0v) is 11.9. The summed E-state index contributed by atoms with van der Waals surface area (Å²) in [7, 11) is 0. The van der Waals surface area contributed by atoms with Crippen molar-refractivity contribution < 1.29 is 4.74 Å². The molecule has 0 saturated carbocycles. The van der Waals surface area contributed by atoms with Gasteiger partial charge in [-0.05, 0) is 30.8 Å². The lowest BCUT2D eigenvalue weighted by atomic mass is 9.82. The van der Waals surface area contributed by atoms with E-state index in [9.17, 15) is 0 Å². The van der Waals surface area contributed by atoms with Gasteiger partial charge in [0.05, 0.1) is 6.61 Å². The summed E-state index contributed by atoms with van der Waals surface area (Å²) in [6.45, 7) is 9.72. The molecule has 1 fully saturated rings. The van der Waals surface area contributed by atoms with E-state index in [0.717, 1.165) is 19.8 Å². The molecule has 0 aromatic rings. The molecule has 1 N–H and O–H groups in total. The SMILES string of the molecule is CCSCCCC1(CNC(C)C)CCOC1. The summed E-state index contributed by atoms with van der Waals surface area (Å²) in [5, 5.41) is 3.58. The van der Waals surface area contributed by atoms with E-state index in [1.807, 2.05) is 0 Å². The van der Waals surface area contributed by atoms with E-state index in [0.29, 0.717) is 11.5 Å². The first-order valence-corrected chi connectivity index (χ1v) is 7.73. The van der Waals surface area contributed by atoms with Gasteiger partial charge in [-0.2, -0.15) is 11.8 Å². The first-order chi connectivity index (χ1) is 7.68. The predicted octanol–water partition coefficient (Wildman–Crippen LogP) is 2.92. The van der Waals surface area contributed by atoms with Crippen molar-refractivity contribution in [1.29, 1.82) is 0 Å². The third-order valence-electron chi connectivity index (χ3n) is 3.27. The highest BCUT2D eigenvalue weighted by atomic mass is 32.2. The van der Waals surface area contributed by atoms with Crippen LogP contribution in [-0.2, 0) is 4.74 Å². The van der Waals surface area contributed by atoms with Gasteiger partial charge in [-0.1, -0.05) is 20.8 Å². The second kappa shape index (κ2) is 7.57. The average molecular weight is 245 g/mol. The summed E-state index contributed by atoms with van der Waals surface area (Å²) in [6.07, 6.45) is 3.89. The Morgan fingerprint density at radius 2 is 2.25 bits per heavy atom. The Hall–Kier alpha value is 0.270. The first-order valence-electron chi connectivity index (χ1n) is 6.57. The zero-order valence-electron chi connectivity index (χ0n) is 11.1. The zero-order chi connectivity index (χ0) is 11.9. The number of rotatable bonds is 8. The van der Waals surface area contributed by atoms with Crippen molar-refractivity contribution >= 4 is 11.8 Å². The second-order valence-electron chi connectivity index (χ2n) is 5.14. The van der Waals surface area contributed by atoms with Crippen molar-refractivity contribution in [3.05, 3.63) is 0 Å². The number of ether oxygens (including phenoxy) is 1. The maximum atomic E-state index is 5.60. The fourth-order valence-corrected chi connectivity index (χ4v) is 2.83. The van der Waals surface area contributed by atoms with Crippen LogP contribution >= 0.6 is 11.8 Å². The summed E-state index contributed by atoms with van der Waals surface area (Å²) < 4.78 is 5.60. The van der Waals surface area contributed by atoms with Crippen LogP contribution in [0.5, 0.6) is 0 Å². The molecule has 0 aromatic carbocycles. The van der Waals surface area contributed by atoms with Crippen LogP contribution < -0.4 is 5.32 Å². The summed E-state index contributed by atoms with van der Waals surface area (Å²) in [5.41, 5.74) is 0.429. The largest absolute Gasteiger partial charge is 0.381 e. The van der Waals surface area contributed by atoms with Crippen molar-refractivity contribution in [2.75, 3.05) is 31.3 Å². The molecule has 0 amide bonds. The number of thioether (sulfide) groups is 1. The van der Waals surface area contributed by atoms with Gasteiger partial charge in [0.1, 0.15) is 0 Å². The van der Waals surface area contributed by atoms with E-state index in [2.05, 4.69) is 37.8 Å². The highest BCUT2D eigenvalue weighted by Gasteiger charge is 2.34. The Kier molecular flexibility index (Phi) is 6.78. The van der Waals surface area contributed by atoms with E-state index in [1.54, 1.807) is 0 Å². The highest BCUT2D eigenvalue weighted by Crippen LogP contribution is 2.33. The van der Waals surface area contributed by atoms with Crippen LogP contribution in [-0.4, -0.2) is 37.3 Å². The van der Waals surface area contributed by atoms with E-state index < -0.39 is 0 Å². The lowest BCUT2D eigenvalue weighted by Gasteiger charge is -2.28. The molecule has 2 nitrogen and oxygen atoms in total. The Bertz CT molecular complexity index is 179. The minimum atomic E-state index is 0.429. The quantitative estimate of drug-likeness (QED) is 0.664. The Morgan fingerprint density at radius 1 is 1.44 bits per heavy atom. The van der Waals surface area contributed by atoms with Gasteiger partial charge in [-0.15, -0.1) is 0 Å². The second-order valence-corrected chi connectivity index (χ2v) is 6.53. The minimum absolute atomic E-state index is 0.429. The molecule has 16 heavy (non-hydrogen) atoms. The third kappa shape index (κ3) is 5.07. The molecule has 1 heterocycles. The van der Waals surface area contributed by atoms with E-state index in [-0.39, 0.29) is 0 Å². The molecular weight excluding hydrogens is 218 g/mol. The van der Waals surface area contributed by atoms with Gasteiger partial charge in [0.2, 0.25) is 0 Å². The summed E-state index contributed by atoms with van der Waals surface area (Å²) in [4.78, 5) is 0. The molecule has 1 rings (SSSR count). The van der Waals surface area contributed by atoms with Gasteiger partial charge in [0, 0.05) is 24.6 Å². The molecule has 3 heteroatoms. The molecule has 1 aliphatic heterocycles. The van der Waals surface area contributed by atoms with Crippen LogP contribution in [0.2, 0.25) is 0 Å². The van der Waals surface area contributed by atoms with Gasteiger partial charge < -0.3 is 10.1 Å². The fourth-order valence-electron chi connectivity index (χ4n) is 2.19. The Labute approximate surface area is 105 Å². The first kappa shape index (κ1) is 14.3. The van der Waals surface area contributed by atoms with Crippen molar-refractivity contribution in [2.24, 2.45) is 5.41 Å². The molecule has 0 spiro atoms. The van der Waals surface area contributed by atoms with Gasteiger partial charge in [-0.25, -0.2) is 0 Å². The van der Waals surface area contributed by atoms with Crippen molar-refractivity contribution in [3.63, 3.8) is 0 Å². The van der Waals surface area contributed by atoms with E-state index >= 15 is 0 Å². The fraction of sp³-hybridized carbons (Fsp3) is 1.00. The van der Waals surface area contributed by atoms with Gasteiger partial charge in [-0.3, -0.25) is 0 Å². The van der Waals surface area contributed by atoms with E-state index in [4.69, 9.17) is 4.74 Å². The molecule has 0 aliphatic carbocycles. The minimum Gasteiger partial charge on any atom is -0.381 e. The molecule has 0 bridgehead atoms. The standard InChI is InChI=1S/C13H27NOS/c1-4-16-9-5-6-13(7-8-15-11-13)10-14-12(2)3/h12,14H,4-11H2,1-3H3. The van der Waals surface area contributed by atoms with Crippen LogP contribution in [0.4, 0.5) is 0 Å². The maximum absolute atomic E-state index is 5.60. The number of hydrogen-bond donors (Lipinski definition) is 1. The third-order valence-corrected chi connectivity index (χ3v) is 4.26. The maximum Gasteiger partial charge on any atom is 0.0535 e. The normalized spacial score (nSPS) is 25.5. The van der Waals surface area contributed by atoms with Crippen LogP contribution in [0.3, 0.4) is 0 Å². The smallest absolute Gasteiger partial charge is 0.0535 e. The van der Waals surface area contributed by atoms with Crippen molar-refractivity contribution in [2.45, 2.75) is 46.1 Å². The van der Waals surface area contributed by atoms with Gasteiger partial charge in [0.15, 0.2) is 0 Å². The Morgan fingerprint density at radius 3 is 2.81 bits per heavy atom. The molecule has 0 aromatic heterocycles. The summed E-state index contributed by atoms with van der Waals surface area (Å²) >= 11 is 2.05. The lowest BCUT2D eigenvalue weighted by molar-refractivity contribution is 0.142. The van der Waals surface area contributed by atoms with Crippen LogP contribution in [0, 0.1) is 5.41 Å². The van der Waals surface area contributed by atoms with Crippen LogP contribution in [0.1, 0.15) is 40.0 Å². The van der Waals surface area contributed by atoms with Crippen LogP contribution in [0.15, 0.2) is 0 Å². The van der Waals surface area contributed by atoms with Gasteiger partial charge >= 0.3 is 0 Å². The average Bonchev–Trinajstić information content (AvgIpc) is 2.71. The molecule has 1 atom stereocenters. The number of nitrogens with one attached hydrogen (secondary N) is 1. The number of hydrogen-bond acceptors (Lipinski definition) is 3. The molecule has 96 valence electrons. The van der Waals surface area contributed by atoms with Gasteiger partial charge in [0.25, 0.3) is 0 Å². The Balaban J connectivity index is 2.27. The molecule has 1 unspecified atom stereocenters. The summed E-state index contributed by atoms with van der Waals surface area (Å²) in [5.74, 6) is 2.55. The topological polar surface area (TPSA) is 21.3 Å². The van der Waals surface area contributed by atoms with Crippen molar-refractivity contribution in [3.8, 4) is 0 Å². The highest BCUT2D eigenvalue weighted by molar-refractivity contribution is 7.99. The molecule has 1 aliphatic rings. The van der Waals surface area contributed by atoms with E-state index in [1.165, 1.54) is 30.8 Å². The predicted molar refractivity (Wildman–Crippen MR) is 73.2 cm³/mol. The summed E-state index contributed by atoms with van der Waals surface area (Å²) in [6, 6.07) is 0.586. The monoisotopic (exact) mass is 245 g/mol. The lowest BCUT2D eigenvalue weighted by Crippen LogP contribution is -2.38.